The molecule has 2 aromatic carbocycles. The number of aliphatic imine (C=N–C) groups is 1. The van der Waals surface area contributed by atoms with Gasteiger partial charge >= 0.3 is 0 Å². The molecule has 30 heavy (non-hydrogen) atoms. The zero-order valence-electron chi connectivity index (χ0n) is 17.8. The number of hydrogen-bond acceptors (Lipinski definition) is 4. The van der Waals surface area contributed by atoms with Gasteiger partial charge in [-0.25, -0.2) is 4.99 Å². The van der Waals surface area contributed by atoms with Gasteiger partial charge in [0.1, 0.15) is 5.75 Å². The summed E-state index contributed by atoms with van der Waals surface area (Å²) in [6, 6.07) is 16.1. The molecule has 1 amide bonds. The number of aryl methyl sites for hydroxylation is 1. The highest BCUT2D eigenvalue weighted by Gasteiger charge is 2.41. The van der Waals surface area contributed by atoms with Crippen LogP contribution >= 0.6 is 11.8 Å². The Hall–Kier alpha value is -2.53. The molecule has 1 saturated heterocycles. The van der Waals surface area contributed by atoms with E-state index in [4.69, 9.17) is 9.73 Å². The Balaban J connectivity index is 1.72. The van der Waals surface area contributed by atoms with Gasteiger partial charge in [-0.3, -0.25) is 9.69 Å². The van der Waals surface area contributed by atoms with E-state index in [-0.39, 0.29) is 11.9 Å². The van der Waals surface area contributed by atoms with Crippen LogP contribution in [0.3, 0.4) is 0 Å². The Morgan fingerprint density at radius 2 is 1.90 bits per heavy atom. The molecule has 4 nitrogen and oxygen atoms in total. The molecular formula is C25H28N2O2S. The number of carbonyl (C=O) groups excluding carboxylic acids is 1. The van der Waals surface area contributed by atoms with E-state index in [1.54, 1.807) is 7.11 Å². The molecule has 0 radical (unpaired) electrons. The van der Waals surface area contributed by atoms with Crippen LogP contribution < -0.4 is 4.74 Å². The van der Waals surface area contributed by atoms with Gasteiger partial charge in [0.05, 0.1) is 17.7 Å². The monoisotopic (exact) mass is 420 g/mol. The average molecular weight is 421 g/mol. The lowest BCUT2D eigenvalue weighted by atomic mass is 9.85. The lowest BCUT2D eigenvalue weighted by Gasteiger charge is -2.35. The van der Waals surface area contributed by atoms with Gasteiger partial charge in [0.15, 0.2) is 5.17 Å². The Bertz CT molecular complexity index is 984. The molecule has 5 heteroatoms. The molecule has 0 bridgehead atoms. The van der Waals surface area contributed by atoms with E-state index in [2.05, 4.69) is 6.92 Å². The highest BCUT2D eigenvalue weighted by molar-refractivity contribution is 8.18. The summed E-state index contributed by atoms with van der Waals surface area (Å²) in [5, 5.41) is 0.794. The van der Waals surface area contributed by atoms with Gasteiger partial charge in [-0.2, -0.15) is 0 Å². The van der Waals surface area contributed by atoms with Crippen LogP contribution in [0.25, 0.3) is 6.08 Å². The van der Waals surface area contributed by atoms with Crippen molar-refractivity contribution in [3.05, 3.63) is 64.6 Å². The lowest BCUT2D eigenvalue weighted by molar-refractivity contribution is -0.124. The number of nitrogens with zero attached hydrogens (tertiary/aromatic N) is 2. The number of hydrogen-bond donors (Lipinski definition) is 0. The number of amidine groups is 1. The van der Waals surface area contributed by atoms with Gasteiger partial charge in [-0.1, -0.05) is 44.0 Å². The van der Waals surface area contributed by atoms with Crippen LogP contribution in [-0.4, -0.2) is 29.1 Å². The summed E-state index contributed by atoms with van der Waals surface area (Å²) in [6.45, 7) is 4.30. The van der Waals surface area contributed by atoms with Gasteiger partial charge < -0.3 is 4.74 Å². The zero-order chi connectivity index (χ0) is 21.1. The van der Waals surface area contributed by atoms with Gasteiger partial charge in [0.25, 0.3) is 5.91 Å². The maximum atomic E-state index is 13.5. The minimum absolute atomic E-state index is 0.0728. The molecule has 0 aromatic heterocycles. The lowest BCUT2D eigenvalue weighted by Crippen LogP contribution is -2.44. The normalized spacial score (nSPS) is 24.6. The number of benzene rings is 2. The topological polar surface area (TPSA) is 41.9 Å². The first-order chi connectivity index (χ1) is 14.6. The molecule has 0 unspecified atom stereocenters. The smallest absolute Gasteiger partial charge is 0.267 e. The molecule has 2 fully saturated rings. The summed E-state index contributed by atoms with van der Waals surface area (Å²) in [5.74, 6) is 1.37. The quantitative estimate of drug-likeness (QED) is 0.554. The van der Waals surface area contributed by atoms with E-state index in [1.165, 1.54) is 24.6 Å². The fraction of sp³-hybridized carbons (Fsp3) is 0.360. The molecule has 4 rings (SSSR count). The average Bonchev–Trinajstić information content (AvgIpc) is 3.05. The van der Waals surface area contributed by atoms with Crippen molar-refractivity contribution in [3.63, 3.8) is 0 Å². The second-order valence-corrected chi connectivity index (χ2v) is 9.08. The fourth-order valence-corrected chi connectivity index (χ4v) is 5.26. The maximum absolute atomic E-state index is 13.5. The Labute approximate surface area is 183 Å². The molecule has 1 aliphatic carbocycles. The molecule has 2 atom stereocenters. The van der Waals surface area contributed by atoms with Crippen molar-refractivity contribution in [1.29, 1.82) is 0 Å². The van der Waals surface area contributed by atoms with Crippen molar-refractivity contribution >= 4 is 34.6 Å². The summed E-state index contributed by atoms with van der Waals surface area (Å²) < 4.78 is 5.31. The van der Waals surface area contributed by atoms with E-state index in [0.717, 1.165) is 45.5 Å². The number of methoxy groups -OCH3 is 1. The minimum Gasteiger partial charge on any atom is -0.497 e. The molecule has 0 spiro atoms. The summed E-state index contributed by atoms with van der Waals surface area (Å²) >= 11 is 1.49. The minimum atomic E-state index is 0.0728. The highest BCUT2D eigenvalue weighted by atomic mass is 32.2. The van der Waals surface area contributed by atoms with Crippen LogP contribution in [0.1, 0.15) is 43.7 Å². The third-order valence-electron chi connectivity index (χ3n) is 5.98. The van der Waals surface area contributed by atoms with E-state index < -0.39 is 0 Å². The number of carbonyl (C=O) groups is 1. The zero-order valence-corrected chi connectivity index (χ0v) is 18.6. The van der Waals surface area contributed by atoms with Crippen molar-refractivity contribution in [1.82, 2.24) is 4.90 Å². The Kier molecular flexibility index (Phi) is 6.28. The maximum Gasteiger partial charge on any atom is 0.267 e. The summed E-state index contributed by atoms with van der Waals surface area (Å²) in [4.78, 5) is 21.1. The van der Waals surface area contributed by atoms with Crippen LogP contribution in [0.5, 0.6) is 5.75 Å². The predicted molar refractivity (Wildman–Crippen MR) is 125 cm³/mol. The van der Waals surface area contributed by atoms with E-state index >= 15 is 0 Å². The molecule has 1 saturated carbocycles. The van der Waals surface area contributed by atoms with Crippen molar-refractivity contribution in [2.45, 2.75) is 45.6 Å². The van der Waals surface area contributed by atoms with E-state index in [0.29, 0.717) is 5.92 Å². The number of rotatable bonds is 4. The first kappa shape index (κ1) is 20.7. The van der Waals surface area contributed by atoms with Crippen molar-refractivity contribution in [2.75, 3.05) is 7.11 Å². The second kappa shape index (κ2) is 9.09. The Morgan fingerprint density at radius 1 is 1.13 bits per heavy atom. The van der Waals surface area contributed by atoms with E-state index in [1.807, 2.05) is 66.4 Å². The summed E-state index contributed by atoms with van der Waals surface area (Å²) in [6.07, 6.45) is 6.60. The van der Waals surface area contributed by atoms with Crippen LogP contribution in [0.4, 0.5) is 5.69 Å². The molecule has 2 aromatic rings. The third kappa shape index (κ3) is 4.31. The second-order valence-electron chi connectivity index (χ2n) is 8.07. The summed E-state index contributed by atoms with van der Waals surface area (Å²) in [5.41, 5.74) is 2.99. The number of amides is 1. The van der Waals surface area contributed by atoms with Gasteiger partial charge in [-0.05, 0) is 78.9 Å². The van der Waals surface area contributed by atoms with Crippen LogP contribution in [-0.2, 0) is 4.79 Å². The molecule has 156 valence electrons. The Morgan fingerprint density at radius 3 is 2.60 bits per heavy atom. The summed E-state index contributed by atoms with van der Waals surface area (Å²) in [7, 11) is 1.67. The SMILES string of the molecule is COc1ccc(/C=C2\SC(=Nc3ccccc3)N([C@H]3CCCC[C@H]3C)C2=O)c(C)c1. The molecule has 1 aliphatic heterocycles. The molecular weight excluding hydrogens is 392 g/mol. The van der Waals surface area contributed by atoms with Gasteiger partial charge in [-0.15, -0.1) is 0 Å². The largest absolute Gasteiger partial charge is 0.497 e. The molecule has 1 heterocycles. The van der Waals surface area contributed by atoms with Crippen LogP contribution in [0.15, 0.2) is 58.4 Å². The predicted octanol–water partition coefficient (Wildman–Crippen LogP) is 6.19. The highest BCUT2D eigenvalue weighted by Crippen LogP contribution is 2.40. The van der Waals surface area contributed by atoms with Gasteiger partial charge in [0.2, 0.25) is 0 Å². The fourth-order valence-electron chi connectivity index (χ4n) is 4.23. The first-order valence-corrected chi connectivity index (χ1v) is 11.4. The van der Waals surface area contributed by atoms with Crippen molar-refractivity contribution in [2.24, 2.45) is 10.9 Å². The van der Waals surface area contributed by atoms with E-state index in [9.17, 15) is 4.79 Å². The third-order valence-corrected chi connectivity index (χ3v) is 6.96. The van der Waals surface area contributed by atoms with Crippen LogP contribution in [0, 0.1) is 12.8 Å². The number of ether oxygens (including phenoxy) is 1. The number of thioether (sulfide) groups is 1. The standard InChI is InChI=1S/C25H28N2O2S/c1-17-9-7-8-12-22(17)27-24(28)23(16-19-13-14-21(29-3)15-18(19)2)30-25(27)26-20-10-5-4-6-11-20/h4-6,10-11,13-17,22H,7-9,12H2,1-3H3/b23-16-,26-25?/t17-,22+/m1/s1. The first-order valence-electron chi connectivity index (χ1n) is 10.6. The van der Waals surface area contributed by atoms with Crippen LogP contribution in [0.2, 0.25) is 0 Å². The van der Waals surface area contributed by atoms with Crippen molar-refractivity contribution < 1.29 is 9.53 Å². The molecule has 2 aliphatic rings. The number of para-hydroxylation sites is 1. The molecule has 0 N–H and O–H groups in total. The van der Waals surface area contributed by atoms with Gasteiger partial charge in [0, 0.05) is 6.04 Å². The van der Waals surface area contributed by atoms with Crippen molar-refractivity contribution in [3.8, 4) is 5.75 Å².